The van der Waals surface area contributed by atoms with Crippen LogP contribution < -0.4 is 9.73 Å². The van der Waals surface area contributed by atoms with E-state index in [1.165, 1.54) is 42.6 Å². The molecule has 0 fully saturated rings. The number of rotatable bonds is 8. The molecule has 0 aliphatic heterocycles. The number of amides is 1. The van der Waals surface area contributed by atoms with Gasteiger partial charge in [-0.3, -0.25) is 9.10 Å². The number of carboxylic acids is 1. The molecule has 170 valence electrons. The summed E-state index contributed by atoms with van der Waals surface area (Å²) in [6.07, 6.45) is 1.19. The fraction of sp³-hybridized carbons (Fsp3) is 0.0870. The Morgan fingerprint density at radius 1 is 1.06 bits per heavy atom. The van der Waals surface area contributed by atoms with Gasteiger partial charge in [-0.2, -0.15) is 5.10 Å². The quantitative estimate of drug-likeness (QED) is 0.373. The molecule has 0 spiro atoms. The number of anilines is 1. The van der Waals surface area contributed by atoms with Crippen LogP contribution in [0.1, 0.15) is 21.5 Å². The fourth-order valence-electron chi connectivity index (χ4n) is 3.06. The Labute approximate surface area is 196 Å². The number of hydrazone groups is 1. The molecule has 0 heterocycles. The zero-order valence-electron chi connectivity index (χ0n) is 17.5. The number of benzene rings is 3. The van der Waals surface area contributed by atoms with Crippen molar-refractivity contribution < 1.29 is 23.1 Å². The van der Waals surface area contributed by atoms with Crippen LogP contribution in [0, 0.1) is 6.92 Å². The van der Waals surface area contributed by atoms with Crippen LogP contribution in [0.15, 0.2) is 82.8 Å². The van der Waals surface area contributed by atoms with Crippen molar-refractivity contribution in [2.24, 2.45) is 5.10 Å². The number of halogens is 1. The first-order valence-corrected chi connectivity index (χ1v) is 11.5. The molecule has 0 bridgehead atoms. The van der Waals surface area contributed by atoms with Gasteiger partial charge in [0, 0.05) is 10.6 Å². The van der Waals surface area contributed by atoms with Gasteiger partial charge in [0.25, 0.3) is 15.9 Å². The molecule has 0 atom stereocenters. The highest BCUT2D eigenvalue weighted by Crippen LogP contribution is 2.28. The Morgan fingerprint density at radius 3 is 2.39 bits per heavy atom. The van der Waals surface area contributed by atoms with Crippen molar-refractivity contribution >= 4 is 45.4 Å². The Balaban J connectivity index is 1.88. The molecule has 2 N–H and O–H groups in total. The van der Waals surface area contributed by atoms with Gasteiger partial charge in [-0.25, -0.2) is 18.6 Å². The first-order chi connectivity index (χ1) is 15.7. The third-order valence-electron chi connectivity index (χ3n) is 4.63. The number of carbonyl (C=O) groups is 2. The SMILES string of the molecule is Cc1cc(Cl)ccc1N(CC(=O)N/N=C\c1ccccc1C(=O)O)S(=O)(=O)c1ccccc1. The molecule has 0 saturated heterocycles. The van der Waals surface area contributed by atoms with Gasteiger partial charge in [-0.15, -0.1) is 0 Å². The smallest absolute Gasteiger partial charge is 0.336 e. The molecule has 33 heavy (non-hydrogen) atoms. The molecule has 0 aliphatic rings. The third kappa shape index (κ3) is 5.76. The number of hydrogen-bond donors (Lipinski definition) is 2. The lowest BCUT2D eigenvalue weighted by atomic mass is 10.1. The van der Waals surface area contributed by atoms with E-state index in [0.29, 0.717) is 16.3 Å². The first kappa shape index (κ1) is 24.0. The van der Waals surface area contributed by atoms with Crippen LogP contribution in [0.2, 0.25) is 5.02 Å². The Morgan fingerprint density at radius 2 is 1.73 bits per heavy atom. The molecule has 0 unspecified atom stereocenters. The van der Waals surface area contributed by atoms with Crippen LogP contribution in [0.25, 0.3) is 0 Å². The molecule has 0 radical (unpaired) electrons. The zero-order chi connectivity index (χ0) is 24.0. The molecule has 0 aromatic heterocycles. The summed E-state index contributed by atoms with van der Waals surface area (Å²) in [6.45, 7) is 1.13. The van der Waals surface area contributed by atoms with Gasteiger partial charge < -0.3 is 5.11 Å². The Bertz CT molecular complexity index is 1310. The summed E-state index contributed by atoms with van der Waals surface area (Å²) in [4.78, 5) is 23.9. The van der Waals surface area contributed by atoms with Crippen LogP contribution in [-0.2, 0) is 14.8 Å². The van der Waals surface area contributed by atoms with Gasteiger partial charge in [0.05, 0.1) is 22.4 Å². The van der Waals surface area contributed by atoms with Crippen molar-refractivity contribution in [3.63, 3.8) is 0 Å². The number of carbonyl (C=O) groups excluding carboxylic acids is 1. The van der Waals surface area contributed by atoms with Crippen molar-refractivity contribution in [2.45, 2.75) is 11.8 Å². The number of sulfonamides is 1. The molecule has 10 heteroatoms. The van der Waals surface area contributed by atoms with E-state index in [1.54, 1.807) is 43.3 Å². The second kappa shape index (κ2) is 10.3. The van der Waals surface area contributed by atoms with E-state index in [0.717, 1.165) is 4.31 Å². The molecular formula is C23H20ClN3O5S. The van der Waals surface area contributed by atoms with E-state index >= 15 is 0 Å². The zero-order valence-corrected chi connectivity index (χ0v) is 19.0. The standard InChI is InChI=1S/C23H20ClN3O5S/c1-16-13-18(24)11-12-21(16)27(33(31,32)19-8-3-2-4-9-19)15-22(28)26-25-14-17-7-5-6-10-20(17)23(29)30/h2-14H,15H2,1H3,(H,26,28)(H,29,30)/b25-14-. The Kier molecular flexibility index (Phi) is 7.47. The minimum atomic E-state index is -4.08. The van der Waals surface area contributed by atoms with Gasteiger partial charge >= 0.3 is 5.97 Å². The van der Waals surface area contributed by atoms with Gasteiger partial charge in [-0.1, -0.05) is 48.0 Å². The van der Waals surface area contributed by atoms with Crippen molar-refractivity contribution in [2.75, 3.05) is 10.8 Å². The molecule has 3 aromatic rings. The lowest BCUT2D eigenvalue weighted by Gasteiger charge is -2.25. The maximum atomic E-state index is 13.3. The predicted octanol–water partition coefficient (Wildman–Crippen LogP) is 3.69. The van der Waals surface area contributed by atoms with E-state index in [9.17, 15) is 23.1 Å². The largest absolute Gasteiger partial charge is 0.478 e. The lowest BCUT2D eigenvalue weighted by molar-refractivity contribution is -0.119. The average molecular weight is 486 g/mol. The molecule has 3 aromatic carbocycles. The summed E-state index contributed by atoms with van der Waals surface area (Å²) in [5.41, 5.74) is 3.41. The third-order valence-corrected chi connectivity index (χ3v) is 6.64. The molecule has 3 rings (SSSR count). The number of carboxylic acid groups (broad SMARTS) is 1. The van der Waals surface area contributed by atoms with Crippen molar-refractivity contribution in [3.05, 3.63) is 94.5 Å². The van der Waals surface area contributed by atoms with E-state index in [4.69, 9.17) is 11.6 Å². The second-order valence-corrected chi connectivity index (χ2v) is 9.24. The normalized spacial score (nSPS) is 11.3. The number of hydrogen-bond acceptors (Lipinski definition) is 5. The number of aryl methyl sites for hydroxylation is 1. The number of nitrogens with zero attached hydrogens (tertiary/aromatic N) is 2. The highest BCUT2D eigenvalue weighted by molar-refractivity contribution is 7.92. The molecule has 1 amide bonds. The van der Waals surface area contributed by atoms with Crippen molar-refractivity contribution in [3.8, 4) is 0 Å². The van der Waals surface area contributed by atoms with Crippen LogP contribution in [-0.4, -0.2) is 38.2 Å². The maximum Gasteiger partial charge on any atom is 0.336 e. The van der Waals surface area contributed by atoms with Crippen LogP contribution in [0.3, 0.4) is 0 Å². The maximum absolute atomic E-state index is 13.3. The minimum Gasteiger partial charge on any atom is -0.478 e. The van der Waals surface area contributed by atoms with E-state index < -0.39 is 28.4 Å². The monoisotopic (exact) mass is 485 g/mol. The second-order valence-electron chi connectivity index (χ2n) is 6.94. The van der Waals surface area contributed by atoms with Gasteiger partial charge in [-0.05, 0) is 48.9 Å². The highest BCUT2D eigenvalue weighted by atomic mass is 35.5. The summed E-state index contributed by atoms with van der Waals surface area (Å²) in [5, 5.41) is 13.5. The first-order valence-electron chi connectivity index (χ1n) is 9.68. The lowest BCUT2D eigenvalue weighted by Crippen LogP contribution is -2.40. The van der Waals surface area contributed by atoms with Gasteiger partial charge in [0.2, 0.25) is 0 Å². The summed E-state index contributed by atoms with van der Waals surface area (Å²) < 4.78 is 27.6. The Hall–Kier alpha value is -3.69. The molecular weight excluding hydrogens is 466 g/mol. The minimum absolute atomic E-state index is 0.0144. The summed E-state index contributed by atoms with van der Waals surface area (Å²) >= 11 is 6.01. The van der Waals surface area contributed by atoms with Crippen molar-refractivity contribution in [1.29, 1.82) is 0 Å². The van der Waals surface area contributed by atoms with Crippen LogP contribution in [0.4, 0.5) is 5.69 Å². The van der Waals surface area contributed by atoms with E-state index in [2.05, 4.69) is 10.5 Å². The van der Waals surface area contributed by atoms with Crippen LogP contribution in [0.5, 0.6) is 0 Å². The van der Waals surface area contributed by atoms with Gasteiger partial charge in [0.15, 0.2) is 0 Å². The van der Waals surface area contributed by atoms with Crippen LogP contribution >= 0.6 is 11.6 Å². The molecule has 8 nitrogen and oxygen atoms in total. The van der Waals surface area contributed by atoms with Crippen molar-refractivity contribution in [1.82, 2.24) is 5.43 Å². The number of aromatic carboxylic acids is 1. The summed E-state index contributed by atoms with van der Waals surface area (Å²) in [7, 11) is -4.08. The summed E-state index contributed by atoms with van der Waals surface area (Å²) in [5.74, 6) is -1.85. The van der Waals surface area contributed by atoms with E-state index in [1.807, 2.05) is 0 Å². The number of nitrogens with one attached hydrogen (secondary N) is 1. The average Bonchev–Trinajstić information content (AvgIpc) is 2.78. The topological polar surface area (TPSA) is 116 Å². The molecule has 0 saturated carbocycles. The molecule has 0 aliphatic carbocycles. The summed E-state index contributed by atoms with van der Waals surface area (Å²) in [6, 6.07) is 18.5. The highest BCUT2D eigenvalue weighted by Gasteiger charge is 2.28. The predicted molar refractivity (Wildman–Crippen MR) is 126 cm³/mol. The van der Waals surface area contributed by atoms with Gasteiger partial charge in [0.1, 0.15) is 6.54 Å². The van der Waals surface area contributed by atoms with E-state index in [-0.39, 0.29) is 16.0 Å². The fourth-order valence-corrected chi connectivity index (χ4v) is 4.80.